The second-order valence-electron chi connectivity index (χ2n) is 3.17. The number of sulfonamides is 1. The van der Waals surface area contributed by atoms with E-state index in [1.54, 1.807) is 0 Å². The number of rotatable bonds is 6. The van der Waals surface area contributed by atoms with Crippen molar-refractivity contribution >= 4 is 10.0 Å². The molecule has 0 amide bonds. The molecule has 5 heteroatoms. The van der Waals surface area contributed by atoms with Gasteiger partial charge in [-0.05, 0) is 19.8 Å². The monoisotopic (exact) mass is 209 g/mol. The first-order chi connectivity index (χ1) is 5.97. The zero-order valence-corrected chi connectivity index (χ0v) is 9.26. The van der Waals surface area contributed by atoms with Crippen molar-refractivity contribution in [3.05, 3.63) is 0 Å². The van der Waals surface area contributed by atoms with Gasteiger partial charge in [0.25, 0.3) is 0 Å². The van der Waals surface area contributed by atoms with Crippen molar-refractivity contribution in [2.24, 2.45) is 0 Å². The van der Waals surface area contributed by atoms with Crippen LogP contribution < -0.4 is 4.72 Å². The largest absolute Gasteiger partial charge is 0.395 e. The molecule has 13 heavy (non-hydrogen) atoms. The van der Waals surface area contributed by atoms with Crippen LogP contribution in [0.4, 0.5) is 0 Å². The lowest BCUT2D eigenvalue weighted by Crippen LogP contribution is -2.40. The molecular formula is C8H19NO3S. The Kier molecular flexibility index (Phi) is 5.51. The molecule has 1 unspecified atom stereocenters. The highest BCUT2D eigenvalue weighted by atomic mass is 32.2. The van der Waals surface area contributed by atoms with Crippen molar-refractivity contribution in [2.45, 2.75) is 44.9 Å². The third-order valence-electron chi connectivity index (χ3n) is 2.10. The minimum atomic E-state index is -3.33. The molecule has 4 nitrogen and oxygen atoms in total. The van der Waals surface area contributed by atoms with Crippen LogP contribution in [0.15, 0.2) is 0 Å². The van der Waals surface area contributed by atoms with E-state index in [0.717, 1.165) is 12.8 Å². The van der Waals surface area contributed by atoms with Gasteiger partial charge in [0, 0.05) is 6.04 Å². The average Bonchev–Trinajstić information content (AvgIpc) is 2.12. The Bertz CT molecular complexity index is 222. The fourth-order valence-corrected chi connectivity index (χ4v) is 2.13. The van der Waals surface area contributed by atoms with E-state index in [0.29, 0.717) is 0 Å². The third-order valence-corrected chi connectivity index (χ3v) is 3.97. The Morgan fingerprint density at radius 1 is 1.31 bits per heavy atom. The second kappa shape index (κ2) is 5.57. The summed E-state index contributed by atoms with van der Waals surface area (Å²) in [6.07, 6.45) is 1.54. The molecule has 0 aliphatic heterocycles. The van der Waals surface area contributed by atoms with Gasteiger partial charge in [-0.1, -0.05) is 13.8 Å². The Labute approximate surface area is 80.4 Å². The maximum Gasteiger partial charge on any atom is 0.216 e. The third kappa shape index (κ3) is 4.06. The molecule has 0 saturated heterocycles. The van der Waals surface area contributed by atoms with Crippen molar-refractivity contribution in [1.82, 2.24) is 4.72 Å². The van der Waals surface area contributed by atoms with E-state index in [4.69, 9.17) is 5.11 Å². The van der Waals surface area contributed by atoms with Gasteiger partial charge in [0.2, 0.25) is 10.0 Å². The fourth-order valence-electron chi connectivity index (χ4n) is 0.902. The summed E-state index contributed by atoms with van der Waals surface area (Å²) in [5, 5.41) is 7.98. The van der Waals surface area contributed by atoms with Crippen LogP contribution >= 0.6 is 0 Å². The van der Waals surface area contributed by atoms with E-state index in [-0.39, 0.29) is 12.6 Å². The van der Waals surface area contributed by atoms with Gasteiger partial charge in [-0.15, -0.1) is 0 Å². The summed E-state index contributed by atoms with van der Waals surface area (Å²) in [4.78, 5) is 0. The molecule has 0 bridgehead atoms. The molecule has 1 atom stereocenters. The summed E-state index contributed by atoms with van der Waals surface area (Å²) in [6.45, 7) is 5.01. The Morgan fingerprint density at radius 3 is 2.08 bits per heavy atom. The SMILES string of the molecule is CCC(CC)NS(=O)(=O)C(C)CO. The summed E-state index contributed by atoms with van der Waals surface area (Å²) in [6, 6.07) is -0.0148. The van der Waals surface area contributed by atoms with Crippen LogP contribution in [0.2, 0.25) is 0 Å². The summed E-state index contributed by atoms with van der Waals surface area (Å²) in [5.74, 6) is 0. The lowest BCUT2D eigenvalue weighted by molar-refractivity contribution is 0.294. The van der Waals surface area contributed by atoms with Crippen molar-refractivity contribution in [3.8, 4) is 0 Å². The van der Waals surface area contributed by atoms with Gasteiger partial charge >= 0.3 is 0 Å². The van der Waals surface area contributed by atoms with Crippen LogP contribution in [0, 0.1) is 0 Å². The first kappa shape index (κ1) is 12.9. The van der Waals surface area contributed by atoms with Gasteiger partial charge in [-0.2, -0.15) is 0 Å². The van der Waals surface area contributed by atoms with Gasteiger partial charge in [0.05, 0.1) is 11.9 Å². The predicted octanol–water partition coefficient (Wildman–Crippen LogP) is 0.475. The Hall–Kier alpha value is -0.130. The standard InChI is InChI=1S/C8H19NO3S/c1-4-8(5-2)9-13(11,12)7(3)6-10/h7-10H,4-6H2,1-3H3. The number of nitrogens with one attached hydrogen (secondary N) is 1. The number of aliphatic hydroxyl groups excluding tert-OH is 1. The van der Waals surface area contributed by atoms with Crippen LogP contribution in [0.5, 0.6) is 0 Å². The van der Waals surface area contributed by atoms with Gasteiger partial charge in [-0.3, -0.25) is 0 Å². The van der Waals surface area contributed by atoms with E-state index in [1.807, 2.05) is 13.8 Å². The minimum absolute atomic E-state index is 0.0148. The molecule has 0 fully saturated rings. The highest BCUT2D eigenvalue weighted by molar-refractivity contribution is 7.90. The van der Waals surface area contributed by atoms with Gasteiger partial charge in [-0.25, -0.2) is 13.1 Å². The molecule has 80 valence electrons. The van der Waals surface area contributed by atoms with Gasteiger partial charge < -0.3 is 5.11 Å². The van der Waals surface area contributed by atoms with E-state index in [1.165, 1.54) is 6.92 Å². The molecule has 0 saturated carbocycles. The minimum Gasteiger partial charge on any atom is -0.395 e. The zero-order valence-electron chi connectivity index (χ0n) is 8.45. The van der Waals surface area contributed by atoms with Crippen molar-refractivity contribution < 1.29 is 13.5 Å². The van der Waals surface area contributed by atoms with Gasteiger partial charge in [0.1, 0.15) is 0 Å². The lowest BCUT2D eigenvalue weighted by Gasteiger charge is -2.17. The molecule has 2 N–H and O–H groups in total. The topological polar surface area (TPSA) is 66.4 Å². The molecule has 0 aliphatic rings. The highest BCUT2D eigenvalue weighted by Gasteiger charge is 2.21. The summed E-state index contributed by atoms with van der Waals surface area (Å²) >= 11 is 0. The van der Waals surface area contributed by atoms with Crippen molar-refractivity contribution in [2.75, 3.05) is 6.61 Å². The predicted molar refractivity (Wildman–Crippen MR) is 53.0 cm³/mol. The van der Waals surface area contributed by atoms with Crippen LogP contribution in [0.1, 0.15) is 33.6 Å². The van der Waals surface area contributed by atoms with Crippen molar-refractivity contribution in [3.63, 3.8) is 0 Å². The van der Waals surface area contributed by atoms with Gasteiger partial charge in [0.15, 0.2) is 0 Å². The molecule has 0 aromatic carbocycles. The molecule has 0 aromatic heterocycles. The molecule has 0 spiro atoms. The van der Waals surface area contributed by atoms with E-state index in [9.17, 15) is 8.42 Å². The normalized spacial score (nSPS) is 14.8. The van der Waals surface area contributed by atoms with Crippen LogP contribution in [-0.2, 0) is 10.0 Å². The first-order valence-electron chi connectivity index (χ1n) is 4.59. The van der Waals surface area contributed by atoms with Crippen LogP contribution in [0.25, 0.3) is 0 Å². The maximum absolute atomic E-state index is 11.4. The molecular weight excluding hydrogens is 190 g/mol. The quantitative estimate of drug-likeness (QED) is 0.668. The molecule has 0 radical (unpaired) electrons. The van der Waals surface area contributed by atoms with E-state index in [2.05, 4.69) is 4.72 Å². The average molecular weight is 209 g/mol. The van der Waals surface area contributed by atoms with E-state index >= 15 is 0 Å². The smallest absolute Gasteiger partial charge is 0.216 e. The zero-order chi connectivity index (χ0) is 10.5. The highest BCUT2D eigenvalue weighted by Crippen LogP contribution is 2.03. The lowest BCUT2D eigenvalue weighted by atomic mass is 10.2. The fraction of sp³-hybridized carbons (Fsp3) is 1.00. The Morgan fingerprint density at radius 2 is 1.77 bits per heavy atom. The van der Waals surface area contributed by atoms with Crippen LogP contribution in [0.3, 0.4) is 0 Å². The maximum atomic E-state index is 11.4. The summed E-state index contributed by atoms with van der Waals surface area (Å²) in [7, 11) is -3.33. The van der Waals surface area contributed by atoms with Crippen LogP contribution in [-0.4, -0.2) is 31.4 Å². The second-order valence-corrected chi connectivity index (χ2v) is 5.30. The van der Waals surface area contributed by atoms with E-state index < -0.39 is 15.3 Å². The molecule has 0 aromatic rings. The number of aliphatic hydroxyl groups is 1. The van der Waals surface area contributed by atoms with Crippen molar-refractivity contribution in [1.29, 1.82) is 0 Å². The molecule has 0 heterocycles. The Balaban J connectivity index is 4.32. The first-order valence-corrected chi connectivity index (χ1v) is 6.14. The number of hydrogen-bond donors (Lipinski definition) is 2. The molecule has 0 rings (SSSR count). The number of hydrogen-bond acceptors (Lipinski definition) is 3. The summed E-state index contributed by atoms with van der Waals surface area (Å²) in [5.41, 5.74) is 0. The summed E-state index contributed by atoms with van der Waals surface area (Å²) < 4.78 is 25.4. The molecule has 0 aliphatic carbocycles.